The molecule has 2 aromatic heterocycles. The predicted octanol–water partition coefficient (Wildman–Crippen LogP) is 4.55. The lowest BCUT2D eigenvalue weighted by Gasteiger charge is -2.36. The molecule has 0 spiro atoms. The number of rotatable bonds is 6. The second kappa shape index (κ2) is 10.2. The lowest BCUT2D eigenvalue weighted by molar-refractivity contribution is 0.0150. The van der Waals surface area contributed by atoms with Gasteiger partial charge in [0.15, 0.2) is 5.78 Å². The van der Waals surface area contributed by atoms with E-state index < -0.39 is 5.82 Å². The SMILES string of the molecule is Cc1c(C(=O)Cc2cnc(C3=CCC(N4CCOCC4)CC3)c(F)c2)cnn1-c1ccc(F)cc1. The van der Waals surface area contributed by atoms with E-state index in [1.54, 1.807) is 29.9 Å². The van der Waals surface area contributed by atoms with Crippen LogP contribution >= 0.6 is 0 Å². The first kappa shape index (κ1) is 23.5. The van der Waals surface area contributed by atoms with Crippen molar-refractivity contribution >= 4 is 11.4 Å². The van der Waals surface area contributed by atoms with Gasteiger partial charge in [0.1, 0.15) is 17.3 Å². The zero-order valence-corrected chi connectivity index (χ0v) is 19.7. The Morgan fingerprint density at radius 2 is 1.91 bits per heavy atom. The minimum Gasteiger partial charge on any atom is -0.379 e. The lowest BCUT2D eigenvalue weighted by Crippen LogP contribution is -2.44. The van der Waals surface area contributed by atoms with Crippen LogP contribution in [0.1, 0.15) is 46.6 Å². The Bertz CT molecular complexity index is 1250. The number of aromatic nitrogens is 3. The van der Waals surface area contributed by atoms with Crippen molar-refractivity contribution in [2.24, 2.45) is 0 Å². The van der Waals surface area contributed by atoms with Crippen molar-refractivity contribution in [1.29, 1.82) is 0 Å². The number of nitrogens with zero attached hydrogens (tertiary/aromatic N) is 4. The van der Waals surface area contributed by atoms with Gasteiger partial charge in [0.2, 0.25) is 0 Å². The van der Waals surface area contributed by atoms with Crippen LogP contribution in [0.2, 0.25) is 0 Å². The van der Waals surface area contributed by atoms with E-state index in [-0.39, 0.29) is 18.0 Å². The van der Waals surface area contributed by atoms with Crippen molar-refractivity contribution < 1.29 is 18.3 Å². The van der Waals surface area contributed by atoms with E-state index in [1.807, 2.05) is 0 Å². The third-order valence-corrected chi connectivity index (χ3v) is 6.89. The lowest BCUT2D eigenvalue weighted by atomic mass is 9.91. The van der Waals surface area contributed by atoms with Gasteiger partial charge < -0.3 is 4.74 Å². The van der Waals surface area contributed by atoms with E-state index >= 15 is 0 Å². The average molecular weight is 479 g/mol. The Labute approximate surface area is 203 Å². The van der Waals surface area contributed by atoms with Crippen molar-refractivity contribution in [3.63, 3.8) is 0 Å². The van der Waals surface area contributed by atoms with Gasteiger partial charge in [-0.05, 0) is 67.7 Å². The largest absolute Gasteiger partial charge is 0.379 e. The first-order valence-electron chi connectivity index (χ1n) is 12.0. The second-order valence-corrected chi connectivity index (χ2v) is 9.11. The number of benzene rings is 1. The molecule has 1 aliphatic heterocycles. The maximum absolute atomic E-state index is 15.0. The van der Waals surface area contributed by atoms with E-state index in [9.17, 15) is 13.6 Å². The molecule has 0 saturated carbocycles. The highest BCUT2D eigenvalue weighted by Crippen LogP contribution is 2.30. The topological polar surface area (TPSA) is 60.3 Å². The van der Waals surface area contributed by atoms with Crippen LogP contribution in [0.3, 0.4) is 0 Å². The maximum Gasteiger partial charge on any atom is 0.170 e. The molecule has 1 atom stereocenters. The molecule has 3 aromatic rings. The fourth-order valence-electron chi connectivity index (χ4n) is 4.93. The number of ketones is 1. The number of ether oxygens (including phenoxy) is 1. The standard InChI is InChI=1S/C27H28F2N4O2/c1-18-24(17-31-33(18)23-8-4-21(28)5-9-23)26(34)15-19-14-25(29)27(30-16-19)20-2-6-22(7-3-20)32-10-12-35-13-11-32/h2,4-5,8-9,14,16-17,22H,3,6-7,10-13,15H2,1H3. The molecular formula is C27H28F2N4O2. The highest BCUT2D eigenvalue weighted by molar-refractivity contribution is 5.98. The van der Waals surface area contributed by atoms with E-state index in [2.05, 4.69) is 21.1 Å². The molecule has 3 heterocycles. The van der Waals surface area contributed by atoms with Gasteiger partial charge in [-0.3, -0.25) is 14.7 Å². The molecule has 1 aliphatic carbocycles. The summed E-state index contributed by atoms with van der Waals surface area (Å²) >= 11 is 0. The summed E-state index contributed by atoms with van der Waals surface area (Å²) in [5, 5.41) is 4.28. The Kier molecular flexibility index (Phi) is 6.83. The summed E-state index contributed by atoms with van der Waals surface area (Å²) in [6.07, 6.45) is 7.86. The second-order valence-electron chi connectivity index (χ2n) is 9.11. The van der Waals surface area contributed by atoms with Crippen LogP contribution in [0.25, 0.3) is 11.3 Å². The number of hydrogen-bond acceptors (Lipinski definition) is 5. The smallest absolute Gasteiger partial charge is 0.170 e. The monoisotopic (exact) mass is 478 g/mol. The summed E-state index contributed by atoms with van der Waals surface area (Å²) in [7, 11) is 0. The van der Waals surface area contributed by atoms with Gasteiger partial charge in [0, 0.05) is 31.7 Å². The van der Waals surface area contributed by atoms with Gasteiger partial charge in [0.25, 0.3) is 0 Å². The van der Waals surface area contributed by atoms with E-state index in [0.29, 0.717) is 34.2 Å². The fourth-order valence-corrected chi connectivity index (χ4v) is 4.93. The Balaban J connectivity index is 1.26. The zero-order chi connectivity index (χ0) is 24.4. The number of hydrogen-bond donors (Lipinski definition) is 0. The normalized spacial score (nSPS) is 18.9. The molecular weight excluding hydrogens is 450 g/mol. The third-order valence-electron chi connectivity index (χ3n) is 6.89. The van der Waals surface area contributed by atoms with Crippen molar-refractivity contribution in [3.05, 3.63) is 83.0 Å². The molecule has 5 rings (SSSR count). The summed E-state index contributed by atoms with van der Waals surface area (Å²) in [4.78, 5) is 19.8. The van der Waals surface area contributed by atoms with Crippen molar-refractivity contribution in [3.8, 4) is 5.69 Å². The molecule has 182 valence electrons. The van der Waals surface area contributed by atoms with Gasteiger partial charge in [-0.25, -0.2) is 13.5 Å². The molecule has 1 fully saturated rings. The molecule has 6 nitrogen and oxygen atoms in total. The highest BCUT2D eigenvalue weighted by Gasteiger charge is 2.25. The van der Waals surface area contributed by atoms with Crippen molar-refractivity contribution in [1.82, 2.24) is 19.7 Å². The van der Waals surface area contributed by atoms with E-state index in [1.165, 1.54) is 24.4 Å². The van der Waals surface area contributed by atoms with Crippen LogP contribution in [0.5, 0.6) is 0 Å². The summed E-state index contributed by atoms with van der Waals surface area (Å²) in [6, 6.07) is 7.78. The molecule has 2 aliphatic rings. The summed E-state index contributed by atoms with van der Waals surface area (Å²) in [5.74, 6) is -0.908. The summed E-state index contributed by atoms with van der Waals surface area (Å²) in [5.41, 5.74) is 3.59. The number of morpholine rings is 1. The van der Waals surface area contributed by atoms with Crippen LogP contribution in [0, 0.1) is 18.6 Å². The van der Waals surface area contributed by atoms with Gasteiger partial charge in [0.05, 0.1) is 36.4 Å². The Hall–Kier alpha value is -3.23. The van der Waals surface area contributed by atoms with Gasteiger partial charge in [-0.2, -0.15) is 5.10 Å². The van der Waals surface area contributed by atoms with Gasteiger partial charge in [-0.15, -0.1) is 0 Å². The average Bonchev–Trinajstić information content (AvgIpc) is 3.27. The van der Waals surface area contributed by atoms with Crippen LogP contribution in [-0.4, -0.2) is 57.8 Å². The third kappa shape index (κ3) is 5.09. The quantitative estimate of drug-likeness (QED) is 0.487. The van der Waals surface area contributed by atoms with E-state index in [0.717, 1.165) is 51.1 Å². The Morgan fingerprint density at radius 3 is 2.60 bits per heavy atom. The summed E-state index contributed by atoms with van der Waals surface area (Å²) < 4.78 is 35.2. The highest BCUT2D eigenvalue weighted by atomic mass is 19.1. The molecule has 0 bridgehead atoms. The fraction of sp³-hybridized carbons (Fsp3) is 0.370. The molecule has 0 radical (unpaired) electrons. The number of carbonyl (C=O) groups excluding carboxylic acids is 1. The molecule has 8 heteroatoms. The van der Waals surface area contributed by atoms with Crippen molar-refractivity contribution in [2.75, 3.05) is 26.3 Å². The molecule has 35 heavy (non-hydrogen) atoms. The number of Topliss-reactive ketones (excluding diaryl/α,β-unsaturated/α-hetero) is 1. The predicted molar refractivity (Wildman–Crippen MR) is 128 cm³/mol. The van der Waals surface area contributed by atoms with E-state index in [4.69, 9.17) is 4.74 Å². The zero-order valence-electron chi connectivity index (χ0n) is 19.7. The maximum atomic E-state index is 15.0. The van der Waals surface area contributed by atoms with Crippen molar-refractivity contribution in [2.45, 2.75) is 38.6 Å². The minimum absolute atomic E-state index is 0.0261. The molecule has 1 saturated heterocycles. The minimum atomic E-state index is -0.398. The summed E-state index contributed by atoms with van der Waals surface area (Å²) in [6.45, 7) is 5.23. The molecule has 0 N–H and O–H groups in total. The first-order chi connectivity index (χ1) is 17.0. The number of pyridine rings is 1. The molecule has 1 aromatic carbocycles. The van der Waals surface area contributed by atoms with Gasteiger partial charge >= 0.3 is 0 Å². The molecule has 0 amide bonds. The van der Waals surface area contributed by atoms with Gasteiger partial charge in [-0.1, -0.05) is 6.08 Å². The Morgan fingerprint density at radius 1 is 1.14 bits per heavy atom. The number of halogens is 2. The van der Waals surface area contributed by atoms with Crippen LogP contribution in [0.4, 0.5) is 8.78 Å². The van der Waals surface area contributed by atoms with Crippen LogP contribution in [-0.2, 0) is 11.2 Å². The van der Waals surface area contributed by atoms with Crippen LogP contribution in [0.15, 0.2) is 48.8 Å². The number of carbonyl (C=O) groups is 1. The number of allylic oxidation sites excluding steroid dienone is 1. The first-order valence-corrected chi connectivity index (χ1v) is 12.0. The van der Waals surface area contributed by atoms with Crippen LogP contribution < -0.4 is 0 Å². The molecule has 1 unspecified atom stereocenters.